The zero-order valence-corrected chi connectivity index (χ0v) is 7.82. The summed E-state index contributed by atoms with van der Waals surface area (Å²) in [5.74, 6) is 1.25. The smallest absolute Gasteiger partial charge is 0.240 e. The number of hydrogen-bond acceptors (Lipinski definition) is 5. The van der Waals surface area contributed by atoms with Crippen LogP contribution in [-0.2, 0) is 13.1 Å². The molecule has 0 unspecified atom stereocenters. The Morgan fingerprint density at radius 2 is 2.43 bits per heavy atom. The van der Waals surface area contributed by atoms with Crippen molar-refractivity contribution in [1.82, 2.24) is 25.4 Å². The highest BCUT2D eigenvalue weighted by Gasteiger charge is 2.01. The maximum atomic E-state index is 4.93. The van der Waals surface area contributed by atoms with E-state index in [1.165, 1.54) is 0 Å². The molecular weight excluding hydrogens is 182 g/mol. The molecule has 6 nitrogen and oxygen atoms in total. The van der Waals surface area contributed by atoms with Gasteiger partial charge in [0.1, 0.15) is 0 Å². The minimum atomic E-state index is 0.569. The summed E-state index contributed by atoms with van der Waals surface area (Å²) >= 11 is 0. The van der Waals surface area contributed by atoms with E-state index in [1.54, 1.807) is 19.4 Å². The maximum Gasteiger partial charge on any atom is 0.240 e. The van der Waals surface area contributed by atoms with Crippen molar-refractivity contribution >= 4 is 0 Å². The molecule has 6 heteroatoms. The summed E-state index contributed by atoms with van der Waals surface area (Å²) in [7, 11) is 0. The summed E-state index contributed by atoms with van der Waals surface area (Å²) in [5.41, 5.74) is 1.03. The van der Waals surface area contributed by atoms with Gasteiger partial charge in [0.05, 0.1) is 12.9 Å². The Kier molecular flexibility index (Phi) is 2.55. The lowest BCUT2D eigenvalue weighted by molar-refractivity contribution is 0.364. The van der Waals surface area contributed by atoms with Crippen molar-refractivity contribution in [3.8, 4) is 0 Å². The van der Waals surface area contributed by atoms with Gasteiger partial charge in [-0.1, -0.05) is 5.16 Å². The summed E-state index contributed by atoms with van der Waals surface area (Å²) in [6, 6.07) is 0. The summed E-state index contributed by atoms with van der Waals surface area (Å²) in [5, 5.41) is 6.84. The van der Waals surface area contributed by atoms with Crippen LogP contribution < -0.4 is 5.32 Å². The minimum absolute atomic E-state index is 0.569. The Bertz CT molecular complexity index is 380. The van der Waals surface area contributed by atoms with Gasteiger partial charge in [-0.15, -0.1) is 0 Å². The van der Waals surface area contributed by atoms with E-state index in [0.29, 0.717) is 24.8 Å². The van der Waals surface area contributed by atoms with Crippen LogP contribution in [0.15, 0.2) is 17.0 Å². The van der Waals surface area contributed by atoms with Crippen LogP contribution in [0.2, 0.25) is 0 Å². The summed E-state index contributed by atoms with van der Waals surface area (Å²) in [6.07, 6.45) is 3.42. The van der Waals surface area contributed by atoms with E-state index in [4.69, 9.17) is 4.52 Å². The first kappa shape index (κ1) is 8.89. The zero-order chi connectivity index (χ0) is 9.80. The second-order valence-electron chi connectivity index (χ2n) is 2.92. The van der Waals surface area contributed by atoms with Crippen LogP contribution in [-0.4, -0.2) is 20.1 Å². The topological polar surface area (TPSA) is 79.6 Å². The number of nitrogens with one attached hydrogen (secondary N) is 2. The lowest BCUT2D eigenvalue weighted by Crippen LogP contribution is -2.13. The molecule has 2 N–H and O–H groups in total. The van der Waals surface area contributed by atoms with Crippen molar-refractivity contribution in [2.75, 3.05) is 0 Å². The molecule has 14 heavy (non-hydrogen) atoms. The second kappa shape index (κ2) is 4.01. The highest BCUT2D eigenvalue weighted by molar-refractivity contribution is 4.93. The van der Waals surface area contributed by atoms with E-state index in [2.05, 4.69) is 25.4 Å². The van der Waals surface area contributed by atoms with Crippen molar-refractivity contribution in [2.24, 2.45) is 0 Å². The molecule has 0 aliphatic heterocycles. The number of rotatable bonds is 4. The number of aromatic amines is 1. The molecule has 0 radical (unpaired) electrons. The molecule has 0 spiro atoms. The number of aryl methyl sites for hydroxylation is 1. The van der Waals surface area contributed by atoms with Crippen molar-refractivity contribution < 1.29 is 4.52 Å². The van der Waals surface area contributed by atoms with E-state index in [-0.39, 0.29) is 0 Å². The summed E-state index contributed by atoms with van der Waals surface area (Å²) in [4.78, 5) is 11.0. The molecule has 0 saturated heterocycles. The third-order valence-electron chi connectivity index (χ3n) is 1.72. The molecule has 0 bridgehead atoms. The Balaban J connectivity index is 1.78. The standard InChI is InChI=1S/C8H11N5O/c1-6-12-8(14-13-6)4-9-2-7-3-10-5-11-7/h3,5,9H,2,4H2,1H3,(H,10,11). The fourth-order valence-corrected chi connectivity index (χ4v) is 1.10. The average molecular weight is 193 g/mol. The number of nitrogens with zero attached hydrogens (tertiary/aromatic N) is 3. The highest BCUT2D eigenvalue weighted by Crippen LogP contribution is 1.96. The van der Waals surface area contributed by atoms with Crippen LogP contribution in [0.5, 0.6) is 0 Å². The van der Waals surface area contributed by atoms with Crippen LogP contribution in [0.3, 0.4) is 0 Å². The van der Waals surface area contributed by atoms with Crippen LogP contribution in [0.25, 0.3) is 0 Å². The van der Waals surface area contributed by atoms with Gasteiger partial charge in [-0.25, -0.2) is 4.98 Å². The Morgan fingerprint density at radius 1 is 1.50 bits per heavy atom. The maximum absolute atomic E-state index is 4.93. The molecule has 2 heterocycles. The Hall–Kier alpha value is -1.69. The van der Waals surface area contributed by atoms with E-state index in [0.717, 1.165) is 5.69 Å². The second-order valence-corrected chi connectivity index (χ2v) is 2.92. The van der Waals surface area contributed by atoms with Gasteiger partial charge in [0, 0.05) is 18.4 Å². The van der Waals surface area contributed by atoms with Crippen molar-refractivity contribution in [2.45, 2.75) is 20.0 Å². The van der Waals surface area contributed by atoms with Gasteiger partial charge in [0.15, 0.2) is 5.82 Å². The third kappa shape index (κ3) is 2.17. The van der Waals surface area contributed by atoms with Gasteiger partial charge in [0.25, 0.3) is 0 Å². The molecular formula is C8H11N5O. The van der Waals surface area contributed by atoms with E-state index in [9.17, 15) is 0 Å². The first-order valence-corrected chi connectivity index (χ1v) is 4.32. The fraction of sp³-hybridized carbons (Fsp3) is 0.375. The molecule has 0 amide bonds. The molecule has 2 aromatic rings. The molecule has 74 valence electrons. The molecule has 2 rings (SSSR count). The molecule has 0 aromatic carbocycles. The predicted octanol–water partition coefficient (Wildman–Crippen LogP) is 0.391. The largest absolute Gasteiger partial charge is 0.347 e. The van der Waals surface area contributed by atoms with Gasteiger partial charge in [-0.3, -0.25) is 0 Å². The molecule has 0 atom stereocenters. The van der Waals surface area contributed by atoms with Gasteiger partial charge < -0.3 is 14.8 Å². The molecule has 0 aliphatic carbocycles. The lowest BCUT2D eigenvalue weighted by atomic mass is 10.4. The van der Waals surface area contributed by atoms with Crippen LogP contribution in [0.1, 0.15) is 17.4 Å². The van der Waals surface area contributed by atoms with Gasteiger partial charge in [-0.2, -0.15) is 4.98 Å². The first-order valence-electron chi connectivity index (χ1n) is 4.32. The predicted molar refractivity (Wildman–Crippen MR) is 48.2 cm³/mol. The number of imidazole rings is 1. The molecule has 0 fully saturated rings. The molecule has 2 aromatic heterocycles. The van der Waals surface area contributed by atoms with Crippen molar-refractivity contribution in [3.05, 3.63) is 29.9 Å². The van der Waals surface area contributed by atoms with Gasteiger partial charge in [-0.05, 0) is 6.92 Å². The molecule has 0 aliphatic rings. The van der Waals surface area contributed by atoms with Crippen LogP contribution in [0, 0.1) is 6.92 Å². The van der Waals surface area contributed by atoms with Gasteiger partial charge in [0.2, 0.25) is 5.89 Å². The van der Waals surface area contributed by atoms with E-state index < -0.39 is 0 Å². The normalized spacial score (nSPS) is 10.6. The zero-order valence-electron chi connectivity index (χ0n) is 7.82. The Labute approximate surface area is 80.7 Å². The minimum Gasteiger partial charge on any atom is -0.347 e. The average Bonchev–Trinajstić information content (AvgIpc) is 2.77. The van der Waals surface area contributed by atoms with Crippen molar-refractivity contribution in [3.63, 3.8) is 0 Å². The monoisotopic (exact) mass is 193 g/mol. The number of H-pyrrole nitrogens is 1. The number of aromatic nitrogens is 4. The van der Waals surface area contributed by atoms with Gasteiger partial charge >= 0.3 is 0 Å². The molecule has 0 saturated carbocycles. The van der Waals surface area contributed by atoms with Crippen LogP contribution >= 0.6 is 0 Å². The quantitative estimate of drug-likeness (QED) is 0.734. The van der Waals surface area contributed by atoms with E-state index in [1.807, 2.05) is 0 Å². The SMILES string of the molecule is Cc1noc(CNCc2cnc[nH]2)n1. The third-order valence-corrected chi connectivity index (χ3v) is 1.72. The Morgan fingerprint density at radius 3 is 3.07 bits per heavy atom. The fourth-order valence-electron chi connectivity index (χ4n) is 1.10. The van der Waals surface area contributed by atoms with Crippen LogP contribution in [0.4, 0.5) is 0 Å². The van der Waals surface area contributed by atoms with E-state index >= 15 is 0 Å². The first-order chi connectivity index (χ1) is 6.84. The highest BCUT2D eigenvalue weighted by atomic mass is 16.5. The summed E-state index contributed by atoms with van der Waals surface area (Å²) in [6.45, 7) is 3.07. The number of hydrogen-bond donors (Lipinski definition) is 2. The summed E-state index contributed by atoms with van der Waals surface area (Å²) < 4.78 is 4.93. The van der Waals surface area contributed by atoms with Crippen molar-refractivity contribution in [1.29, 1.82) is 0 Å². The lowest BCUT2D eigenvalue weighted by Gasteiger charge is -1.97.